The lowest BCUT2D eigenvalue weighted by Gasteiger charge is -2.31. The lowest BCUT2D eigenvalue weighted by molar-refractivity contribution is 0.513. The van der Waals surface area contributed by atoms with Crippen LogP contribution in [0, 0.1) is 11.3 Å². The SMILES string of the molecule is CC(C)P(=O)(C(C)C)N(Cl)CCC#N. The Bertz CT molecular complexity index is 248. The van der Waals surface area contributed by atoms with Crippen molar-refractivity contribution in [3.8, 4) is 6.07 Å². The molecular weight excluding hydrogens is 219 g/mol. The number of nitrogens with zero attached hydrogens (tertiary/aromatic N) is 2. The molecule has 0 spiro atoms. The zero-order valence-electron chi connectivity index (χ0n) is 9.20. The molecule has 0 atom stereocenters. The Kier molecular flexibility index (Phi) is 5.74. The van der Waals surface area contributed by atoms with E-state index in [2.05, 4.69) is 0 Å². The highest BCUT2D eigenvalue weighted by Crippen LogP contribution is 2.59. The summed E-state index contributed by atoms with van der Waals surface area (Å²) < 4.78 is 13.9. The average Bonchev–Trinajstić information content (AvgIpc) is 2.11. The first-order valence-electron chi connectivity index (χ1n) is 4.77. The highest BCUT2D eigenvalue weighted by Gasteiger charge is 2.36. The van der Waals surface area contributed by atoms with Gasteiger partial charge in [0, 0.05) is 24.3 Å². The number of nitriles is 1. The van der Waals surface area contributed by atoms with E-state index in [1.165, 1.54) is 4.19 Å². The lowest BCUT2D eigenvalue weighted by atomic mass is 10.5. The van der Waals surface area contributed by atoms with Crippen molar-refractivity contribution in [2.24, 2.45) is 0 Å². The Morgan fingerprint density at radius 3 is 2.07 bits per heavy atom. The van der Waals surface area contributed by atoms with Gasteiger partial charge in [-0.15, -0.1) is 0 Å². The monoisotopic (exact) mass is 236 g/mol. The summed E-state index contributed by atoms with van der Waals surface area (Å²) in [7, 11) is -2.54. The highest BCUT2D eigenvalue weighted by molar-refractivity contribution is 7.64. The maximum Gasteiger partial charge on any atom is 0.168 e. The lowest BCUT2D eigenvalue weighted by Crippen LogP contribution is -2.22. The minimum atomic E-state index is -2.54. The summed E-state index contributed by atoms with van der Waals surface area (Å²) >= 11 is 5.98. The number of rotatable bonds is 5. The van der Waals surface area contributed by atoms with Crippen LogP contribution in [0.3, 0.4) is 0 Å². The first-order chi connectivity index (χ1) is 6.37. The zero-order chi connectivity index (χ0) is 11.4. The number of halogens is 1. The maximum absolute atomic E-state index is 12.5. The molecule has 0 unspecified atom stereocenters. The summed E-state index contributed by atoms with van der Waals surface area (Å²) in [6.07, 6.45) is 0.312. The summed E-state index contributed by atoms with van der Waals surface area (Å²) in [5.74, 6) is 0. The first-order valence-corrected chi connectivity index (χ1v) is 6.91. The Balaban J connectivity index is 4.68. The molecule has 5 heteroatoms. The van der Waals surface area contributed by atoms with Gasteiger partial charge in [-0.25, -0.2) is 0 Å². The van der Waals surface area contributed by atoms with Crippen molar-refractivity contribution in [1.82, 2.24) is 4.19 Å². The molecule has 0 aliphatic rings. The third-order valence-electron chi connectivity index (χ3n) is 2.23. The van der Waals surface area contributed by atoms with Crippen molar-refractivity contribution in [3.63, 3.8) is 0 Å². The summed E-state index contributed by atoms with van der Waals surface area (Å²) in [5, 5.41) is 8.43. The normalized spacial score (nSPS) is 12.5. The van der Waals surface area contributed by atoms with E-state index in [1.807, 2.05) is 33.8 Å². The van der Waals surface area contributed by atoms with E-state index in [4.69, 9.17) is 17.0 Å². The van der Waals surface area contributed by atoms with E-state index < -0.39 is 7.29 Å². The van der Waals surface area contributed by atoms with Crippen molar-refractivity contribution in [2.75, 3.05) is 6.54 Å². The van der Waals surface area contributed by atoms with Crippen LogP contribution < -0.4 is 0 Å². The molecule has 82 valence electrons. The molecule has 0 heterocycles. The van der Waals surface area contributed by atoms with Crippen molar-refractivity contribution in [2.45, 2.75) is 45.4 Å². The number of hydrogen-bond acceptors (Lipinski definition) is 2. The summed E-state index contributed by atoms with van der Waals surface area (Å²) in [4.78, 5) is 0. The van der Waals surface area contributed by atoms with Crippen molar-refractivity contribution >= 4 is 19.1 Å². The molecule has 0 rings (SSSR count). The molecule has 0 aromatic heterocycles. The molecule has 3 nitrogen and oxygen atoms in total. The van der Waals surface area contributed by atoms with E-state index in [9.17, 15) is 4.57 Å². The van der Waals surface area contributed by atoms with E-state index in [0.29, 0.717) is 13.0 Å². The minimum absolute atomic E-state index is 0.0266. The third kappa shape index (κ3) is 2.98. The molecule has 0 bridgehead atoms. The van der Waals surface area contributed by atoms with E-state index >= 15 is 0 Å². The average molecular weight is 237 g/mol. The Labute approximate surface area is 91.6 Å². The zero-order valence-corrected chi connectivity index (χ0v) is 10.8. The molecule has 0 aliphatic carbocycles. The van der Waals surface area contributed by atoms with Crippen LogP contribution in [-0.4, -0.2) is 22.1 Å². The van der Waals surface area contributed by atoms with Crippen LogP contribution in [0.25, 0.3) is 0 Å². The summed E-state index contributed by atoms with van der Waals surface area (Å²) in [5.41, 5.74) is 0.0531. The van der Waals surface area contributed by atoms with Crippen molar-refractivity contribution < 1.29 is 4.57 Å². The van der Waals surface area contributed by atoms with Gasteiger partial charge in [-0.1, -0.05) is 27.7 Å². The third-order valence-corrected chi connectivity index (χ3v) is 6.94. The van der Waals surface area contributed by atoms with Crippen LogP contribution >= 0.6 is 19.1 Å². The van der Waals surface area contributed by atoms with E-state index in [-0.39, 0.29) is 11.3 Å². The van der Waals surface area contributed by atoms with Gasteiger partial charge in [-0.05, 0) is 11.8 Å². The van der Waals surface area contributed by atoms with Gasteiger partial charge in [0.1, 0.15) is 0 Å². The minimum Gasteiger partial charge on any atom is -0.305 e. The molecule has 0 N–H and O–H groups in total. The van der Waals surface area contributed by atoms with Gasteiger partial charge in [-0.3, -0.25) is 0 Å². The summed E-state index contributed by atoms with van der Waals surface area (Å²) in [6, 6.07) is 2.00. The second-order valence-electron chi connectivity index (χ2n) is 3.83. The molecule has 14 heavy (non-hydrogen) atoms. The predicted molar refractivity (Wildman–Crippen MR) is 60.7 cm³/mol. The molecular formula is C9H18ClN2OP. The fourth-order valence-corrected chi connectivity index (χ4v) is 5.14. The van der Waals surface area contributed by atoms with Crippen molar-refractivity contribution in [3.05, 3.63) is 0 Å². The highest BCUT2D eigenvalue weighted by atomic mass is 35.5. The van der Waals surface area contributed by atoms with Gasteiger partial charge in [0.05, 0.1) is 6.07 Å². The number of hydrogen-bond donors (Lipinski definition) is 0. The molecule has 0 saturated heterocycles. The Morgan fingerprint density at radius 1 is 1.36 bits per heavy atom. The molecule has 0 amide bonds. The van der Waals surface area contributed by atoms with Gasteiger partial charge in [0.25, 0.3) is 0 Å². The fraction of sp³-hybridized carbons (Fsp3) is 0.889. The molecule has 0 aromatic rings. The molecule has 0 aliphatic heterocycles. The topological polar surface area (TPSA) is 44.1 Å². The molecule has 0 radical (unpaired) electrons. The van der Waals surface area contributed by atoms with Gasteiger partial charge >= 0.3 is 0 Å². The molecule has 0 saturated carbocycles. The van der Waals surface area contributed by atoms with Crippen LogP contribution in [0.1, 0.15) is 34.1 Å². The van der Waals surface area contributed by atoms with Gasteiger partial charge in [0.2, 0.25) is 0 Å². The van der Waals surface area contributed by atoms with Crippen LogP contribution in [-0.2, 0) is 4.57 Å². The standard InChI is InChI=1S/C9H18ClN2OP/c1-8(2)14(13,9(3)4)12(10)7-5-6-11/h8-9H,5,7H2,1-4H3. The van der Waals surface area contributed by atoms with E-state index in [0.717, 1.165) is 0 Å². The molecule has 0 fully saturated rings. The first kappa shape index (κ1) is 14.0. The van der Waals surface area contributed by atoms with Crippen LogP contribution in [0.4, 0.5) is 0 Å². The van der Waals surface area contributed by atoms with Gasteiger partial charge in [-0.2, -0.15) is 9.45 Å². The van der Waals surface area contributed by atoms with Crippen LogP contribution in [0.2, 0.25) is 0 Å². The van der Waals surface area contributed by atoms with E-state index in [1.54, 1.807) is 0 Å². The largest absolute Gasteiger partial charge is 0.305 e. The second kappa shape index (κ2) is 5.75. The maximum atomic E-state index is 12.5. The van der Waals surface area contributed by atoms with Crippen molar-refractivity contribution in [1.29, 1.82) is 5.26 Å². The molecule has 0 aromatic carbocycles. The van der Waals surface area contributed by atoms with Gasteiger partial charge < -0.3 is 4.57 Å². The Morgan fingerprint density at radius 2 is 1.79 bits per heavy atom. The Hall–Kier alpha value is -0.0300. The van der Waals surface area contributed by atoms with Gasteiger partial charge in [0.15, 0.2) is 7.29 Å². The second-order valence-corrected chi connectivity index (χ2v) is 8.37. The quantitative estimate of drug-likeness (QED) is 0.542. The van der Waals surface area contributed by atoms with Crippen LogP contribution in [0.5, 0.6) is 0 Å². The predicted octanol–water partition coefficient (Wildman–Crippen LogP) is 3.45. The smallest absolute Gasteiger partial charge is 0.168 e. The fourth-order valence-electron chi connectivity index (χ4n) is 1.40. The van der Waals surface area contributed by atoms with Crippen LogP contribution in [0.15, 0.2) is 0 Å². The summed E-state index contributed by atoms with van der Waals surface area (Å²) in [6.45, 7) is 7.99.